The summed E-state index contributed by atoms with van der Waals surface area (Å²) < 4.78 is 13.6. The molecule has 3 aliphatic rings. The minimum Gasteiger partial charge on any atom is -0.320 e. The highest BCUT2D eigenvalue weighted by atomic mass is 35.5. The molecule has 182 valence electrons. The van der Waals surface area contributed by atoms with Crippen LogP contribution in [0.4, 0.5) is 14.9 Å². The zero-order valence-corrected chi connectivity index (χ0v) is 20.5. The topological polar surface area (TPSA) is 59.4 Å². The molecule has 0 bridgehead atoms. The Morgan fingerprint density at radius 2 is 2.17 bits per heavy atom. The van der Waals surface area contributed by atoms with Crippen LogP contribution >= 0.6 is 11.6 Å². The van der Waals surface area contributed by atoms with Crippen LogP contribution in [0.25, 0.3) is 0 Å². The molecule has 5 nitrogen and oxygen atoms in total. The molecule has 1 heterocycles. The standard InChI is InChI=1S/C28H30ClFN4O/c29-25-17-23(7-8-26(25)30)32-27(35)34(14-13-33-11-2-1-3-12-33)24-9-10-28(18-22(28)16-24)21-6-4-5-20(15-21)19-31/h1-2,4-8,15,17,22,24H,3,9-14,16,18H2,(H,32,35)/t22?,24-,28-/m1/s1. The molecule has 2 fully saturated rings. The van der Waals surface area contributed by atoms with E-state index in [2.05, 4.69) is 34.5 Å². The minimum atomic E-state index is -0.502. The number of fused-ring (bicyclic) bond motifs is 1. The number of urea groups is 1. The minimum absolute atomic E-state index is 0.00511. The van der Waals surface area contributed by atoms with Crippen LogP contribution in [0.5, 0.6) is 0 Å². The van der Waals surface area contributed by atoms with E-state index in [0.717, 1.165) is 51.7 Å². The molecule has 0 saturated heterocycles. The van der Waals surface area contributed by atoms with Gasteiger partial charge in [-0.15, -0.1) is 0 Å². The van der Waals surface area contributed by atoms with Gasteiger partial charge in [-0.05, 0) is 79.3 Å². The lowest BCUT2D eigenvalue weighted by Gasteiger charge is -2.38. The number of benzene rings is 2. The van der Waals surface area contributed by atoms with E-state index in [-0.39, 0.29) is 22.5 Å². The van der Waals surface area contributed by atoms with Crippen molar-refractivity contribution in [2.24, 2.45) is 5.92 Å². The maximum Gasteiger partial charge on any atom is 0.322 e. The zero-order valence-electron chi connectivity index (χ0n) is 19.7. The number of halogens is 2. The van der Waals surface area contributed by atoms with E-state index in [1.807, 2.05) is 23.1 Å². The smallest absolute Gasteiger partial charge is 0.320 e. The number of amides is 2. The van der Waals surface area contributed by atoms with E-state index in [4.69, 9.17) is 11.6 Å². The quantitative estimate of drug-likeness (QED) is 0.506. The number of nitriles is 1. The number of rotatable bonds is 6. The number of carbonyl (C=O) groups excluding carboxylic acids is 1. The molecule has 3 atom stereocenters. The van der Waals surface area contributed by atoms with Crippen LogP contribution in [-0.4, -0.2) is 48.1 Å². The van der Waals surface area contributed by atoms with Gasteiger partial charge in [0.05, 0.1) is 16.7 Å². The summed E-state index contributed by atoms with van der Waals surface area (Å²) in [6.07, 6.45) is 9.42. The van der Waals surface area contributed by atoms with Crippen LogP contribution in [0, 0.1) is 23.1 Å². The molecular weight excluding hydrogens is 463 g/mol. The van der Waals surface area contributed by atoms with Crippen LogP contribution in [0.2, 0.25) is 5.02 Å². The van der Waals surface area contributed by atoms with Gasteiger partial charge in [-0.3, -0.25) is 4.90 Å². The van der Waals surface area contributed by atoms with Crippen LogP contribution in [0.15, 0.2) is 54.6 Å². The van der Waals surface area contributed by atoms with Crippen molar-refractivity contribution in [3.63, 3.8) is 0 Å². The molecule has 2 aromatic rings. The van der Waals surface area contributed by atoms with E-state index in [9.17, 15) is 14.4 Å². The number of carbonyl (C=O) groups is 1. The lowest BCUT2D eigenvalue weighted by atomic mass is 9.80. The Kier molecular flexibility index (Phi) is 6.82. The molecule has 2 saturated carbocycles. The van der Waals surface area contributed by atoms with Crippen molar-refractivity contribution in [3.8, 4) is 6.07 Å². The fraction of sp³-hybridized carbons (Fsp3) is 0.429. The zero-order chi connectivity index (χ0) is 24.4. The molecule has 1 unspecified atom stereocenters. The van der Waals surface area contributed by atoms with Gasteiger partial charge in [-0.25, -0.2) is 9.18 Å². The molecule has 2 aromatic carbocycles. The molecule has 1 aliphatic heterocycles. The largest absolute Gasteiger partial charge is 0.322 e. The van der Waals surface area contributed by atoms with Crippen molar-refractivity contribution in [3.05, 3.63) is 76.6 Å². The average molecular weight is 493 g/mol. The summed E-state index contributed by atoms with van der Waals surface area (Å²) in [7, 11) is 0. The first-order chi connectivity index (χ1) is 17.0. The molecule has 2 aliphatic carbocycles. The Morgan fingerprint density at radius 1 is 1.29 bits per heavy atom. The van der Waals surface area contributed by atoms with E-state index in [1.54, 1.807) is 6.07 Å². The summed E-state index contributed by atoms with van der Waals surface area (Å²) in [5.41, 5.74) is 2.61. The average Bonchev–Trinajstić information content (AvgIpc) is 3.62. The van der Waals surface area contributed by atoms with Crippen molar-refractivity contribution < 1.29 is 9.18 Å². The highest BCUT2D eigenvalue weighted by Gasteiger charge is 2.58. The summed E-state index contributed by atoms with van der Waals surface area (Å²) in [5, 5.41) is 12.3. The van der Waals surface area contributed by atoms with Gasteiger partial charge in [0, 0.05) is 37.9 Å². The molecule has 0 aromatic heterocycles. The van der Waals surface area contributed by atoms with Gasteiger partial charge in [0.25, 0.3) is 0 Å². The van der Waals surface area contributed by atoms with Gasteiger partial charge in [0.2, 0.25) is 0 Å². The van der Waals surface area contributed by atoms with Crippen molar-refractivity contribution in [2.75, 3.05) is 31.5 Å². The fourth-order valence-electron chi connectivity index (χ4n) is 5.91. The molecule has 1 N–H and O–H groups in total. The van der Waals surface area contributed by atoms with Gasteiger partial charge in [0.1, 0.15) is 5.82 Å². The predicted octanol–water partition coefficient (Wildman–Crippen LogP) is 5.96. The second-order valence-corrected chi connectivity index (χ2v) is 10.4. The first kappa shape index (κ1) is 23.8. The van der Waals surface area contributed by atoms with E-state index < -0.39 is 5.82 Å². The van der Waals surface area contributed by atoms with Gasteiger partial charge < -0.3 is 10.2 Å². The van der Waals surface area contributed by atoms with Gasteiger partial charge in [-0.2, -0.15) is 5.26 Å². The van der Waals surface area contributed by atoms with Crippen molar-refractivity contribution >= 4 is 23.3 Å². The molecule has 7 heteroatoms. The Bertz CT molecular complexity index is 1180. The number of nitrogens with zero attached hydrogens (tertiary/aromatic N) is 3. The van der Waals surface area contributed by atoms with Gasteiger partial charge in [0.15, 0.2) is 0 Å². The van der Waals surface area contributed by atoms with Crippen LogP contribution in [-0.2, 0) is 5.41 Å². The Labute approximate surface area is 211 Å². The van der Waals surface area contributed by atoms with Crippen molar-refractivity contribution in [2.45, 2.75) is 43.6 Å². The summed E-state index contributed by atoms with van der Waals surface area (Å²) in [4.78, 5) is 17.8. The second kappa shape index (κ2) is 10.0. The highest BCUT2D eigenvalue weighted by Crippen LogP contribution is 2.62. The van der Waals surface area contributed by atoms with Crippen LogP contribution in [0.1, 0.15) is 43.2 Å². The van der Waals surface area contributed by atoms with Crippen molar-refractivity contribution in [1.82, 2.24) is 9.80 Å². The first-order valence-electron chi connectivity index (χ1n) is 12.4. The molecule has 35 heavy (non-hydrogen) atoms. The third-order valence-electron chi connectivity index (χ3n) is 7.95. The van der Waals surface area contributed by atoms with Crippen molar-refractivity contribution in [1.29, 1.82) is 5.26 Å². The maximum absolute atomic E-state index is 13.6. The van der Waals surface area contributed by atoms with E-state index >= 15 is 0 Å². The lowest BCUT2D eigenvalue weighted by Crippen LogP contribution is -2.48. The number of hydrogen-bond donors (Lipinski definition) is 1. The number of anilines is 1. The van der Waals surface area contributed by atoms with Crippen LogP contribution in [0.3, 0.4) is 0 Å². The summed E-state index contributed by atoms with van der Waals surface area (Å²) >= 11 is 5.93. The van der Waals surface area contributed by atoms with E-state index in [1.165, 1.54) is 17.7 Å². The van der Waals surface area contributed by atoms with Gasteiger partial charge in [-0.1, -0.05) is 35.9 Å². The second-order valence-electron chi connectivity index (χ2n) is 9.99. The SMILES string of the molecule is N#Cc1cccc([C@]23CC[C@@H](N(CCN4CC=CCC4)C(=O)Nc4ccc(F)c(Cl)c4)CC2C3)c1. The Balaban J connectivity index is 1.30. The fourth-order valence-corrected chi connectivity index (χ4v) is 6.09. The molecule has 2 amide bonds. The molecule has 0 spiro atoms. The maximum atomic E-state index is 13.6. The summed E-state index contributed by atoms with van der Waals surface area (Å²) in [6.45, 7) is 3.38. The third kappa shape index (κ3) is 5.07. The summed E-state index contributed by atoms with van der Waals surface area (Å²) in [6, 6.07) is 14.5. The predicted molar refractivity (Wildman–Crippen MR) is 136 cm³/mol. The van der Waals surface area contributed by atoms with Crippen LogP contribution < -0.4 is 5.32 Å². The Hall–Kier alpha value is -2.88. The van der Waals surface area contributed by atoms with E-state index in [0.29, 0.717) is 23.7 Å². The molecular formula is C28H30ClFN4O. The van der Waals surface area contributed by atoms with Gasteiger partial charge >= 0.3 is 6.03 Å². The number of nitrogens with one attached hydrogen (secondary N) is 1. The third-order valence-corrected chi connectivity index (χ3v) is 8.24. The molecule has 0 radical (unpaired) electrons. The normalized spacial score (nSPS) is 25.4. The Morgan fingerprint density at radius 3 is 2.91 bits per heavy atom. The number of hydrogen-bond acceptors (Lipinski definition) is 3. The lowest BCUT2D eigenvalue weighted by molar-refractivity contribution is 0.147. The monoisotopic (exact) mass is 492 g/mol. The summed E-state index contributed by atoms with van der Waals surface area (Å²) in [5.74, 6) is 0.0150. The first-order valence-corrected chi connectivity index (χ1v) is 12.8. The molecule has 5 rings (SSSR count). The highest BCUT2D eigenvalue weighted by molar-refractivity contribution is 6.31.